The Balaban J connectivity index is 2.08. The first-order valence-corrected chi connectivity index (χ1v) is 6.88. The third-order valence-corrected chi connectivity index (χ3v) is 3.12. The highest BCUT2D eigenvalue weighted by molar-refractivity contribution is 5.30. The van der Waals surface area contributed by atoms with Crippen molar-refractivity contribution in [3.05, 3.63) is 36.2 Å². The van der Waals surface area contributed by atoms with Crippen molar-refractivity contribution >= 4 is 0 Å². The molecule has 7 nitrogen and oxygen atoms in total. The number of benzene rings is 1. The molecule has 114 valence electrons. The number of nitrogens with zero attached hydrogens (tertiary/aromatic N) is 5. The Bertz CT molecular complexity index is 509. The van der Waals surface area contributed by atoms with Gasteiger partial charge in [-0.05, 0) is 22.6 Å². The molecular formula is C14H21N5O2. The standard InChI is InChI=1S/C14H21N5O2/c1-20-10-8-18(9-11-21-2)12-14-15-16-17-19(14)13-6-4-3-5-7-13/h3-7H,8-12H2,1-2H3. The lowest BCUT2D eigenvalue weighted by atomic mass is 10.3. The van der Waals surface area contributed by atoms with E-state index in [0.29, 0.717) is 19.8 Å². The molecule has 0 radical (unpaired) electrons. The quantitative estimate of drug-likeness (QED) is 0.679. The third-order valence-electron chi connectivity index (χ3n) is 3.12. The zero-order chi connectivity index (χ0) is 14.9. The second-order valence-electron chi connectivity index (χ2n) is 4.60. The van der Waals surface area contributed by atoms with E-state index in [2.05, 4.69) is 20.4 Å². The molecule has 0 aliphatic heterocycles. The molecule has 0 saturated heterocycles. The molecule has 0 bridgehead atoms. The minimum Gasteiger partial charge on any atom is -0.383 e. The van der Waals surface area contributed by atoms with Crippen molar-refractivity contribution in [3.8, 4) is 5.69 Å². The first kappa shape index (κ1) is 15.6. The second kappa shape index (κ2) is 8.46. The molecule has 0 unspecified atom stereocenters. The Morgan fingerprint density at radius 1 is 1.05 bits per heavy atom. The number of hydrogen-bond acceptors (Lipinski definition) is 6. The van der Waals surface area contributed by atoms with Crippen molar-refractivity contribution in [2.75, 3.05) is 40.5 Å². The van der Waals surface area contributed by atoms with Crippen LogP contribution in [0.1, 0.15) is 5.82 Å². The van der Waals surface area contributed by atoms with E-state index in [9.17, 15) is 0 Å². The molecular weight excluding hydrogens is 270 g/mol. The van der Waals surface area contributed by atoms with Gasteiger partial charge in [-0.2, -0.15) is 4.68 Å². The molecule has 0 fully saturated rings. The largest absolute Gasteiger partial charge is 0.383 e. The Labute approximate surface area is 124 Å². The number of methoxy groups -OCH3 is 2. The average Bonchev–Trinajstić information content (AvgIpc) is 2.99. The Kier molecular flexibility index (Phi) is 6.26. The minimum absolute atomic E-state index is 0.647. The second-order valence-corrected chi connectivity index (χ2v) is 4.60. The van der Waals surface area contributed by atoms with Crippen LogP contribution in [0.5, 0.6) is 0 Å². The van der Waals surface area contributed by atoms with Gasteiger partial charge in [0.05, 0.1) is 25.4 Å². The molecule has 2 aromatic rings. The maximum atomic E-state index is 5.15. The SMILES string of the molecule is COCCN(CCOC)Cc1nnnn1-c1ccccc1. The van der Waals surface area contributed by atoms with Gasteiger partial charge in [-0.1, -0.05) is 18.2 Å². The van der Waals surface area contributed by atoms with Crippen molar-refractivity contribution in [3.63, 3.8) is 0 Å². The highest BCUT2D eigenvalue weighted by atomic mass is 16.5. The molecule has 0 N–H and O–H groups in total. The van der Waals surface area contributed by atoms with E-state index in [0.717, 1.165) is 24.6 Å². The van der Waals surface area contributed by atoms with Gasteiger partial charge in [0.1, 0.15) is 0 Å². The van der Waals surface area contributed by atoms with Crippen molar-refractivity contribution < 1.29 is 9.47 Å². The summed E-state index contributed by atoms with van der Waals surface area (Å²) in [5.74, 6) is 0.799. The Morgan fingerprint density at radius 2 is 1.71 bits per heavy atom. The van der Waals surface area contributed by atoms with Crippen LogP contribution in [0.3, 0.4) is 0 Å². The summed E-state index contributed by atoms with van der Waals surface area (Å²) in [5, 5.41) is 12.0. The predicted octanol–water partition coefficient (Wildman–Crippen LogP) is 0.757. The van der Waals surface area contributed by atoms with Crippen molar-refractivity contribution in [1.29, 1.82) is 0 Å². The molecule has 1 heterocycles. The zero-order valence-corrected chi connectivity index (χ0v) is 12.5. The van der Waals surface area contributed by atoms with E-state index in [4.69, 9.17) is 9.47 Å². The molecule has 0 amide bonds. The van der Waals surface area contributed by atoms with Crippen LogP contribution in [0.2, 0.25) is 0 Å². The van der Waals surface area contributed by atoms with E-state index in [-0.39, 0.29) is 0 Å². The van der Waals surface area contributed by atoms with Crippen LogP contribution in [0.4, 0.5) is 0 Å². The summed E-state index contributed by atoms with van der Waals surface area (Å²) in [5.41, 5.74) is 0.955. The monoisotopic (exact) mass is 291 g/mol. The van der Waals surface area contributed by atoms with Gasteiger partial charge in [0.2, 0.25) is 0 Å². The first-order chi connectivity index (χ1) is 10.3. The van der Waals surface area contributed by atoms with Crippen LogP contribution in [0.25, 0.3) is 5.69 Å². The number of tetrazole rings is 1. The fourth-order valence-electron chi connectivity index (χ4n) is 1.98. The van der Waals surface area contributed by atoms with Crippen LogP contribution in [-0.2, 0) is 16.0 Å². The molecule has 0 saturated carbocycles. The topological polar surface area (TPSA) is 65.3 Å². The van der Waals surface area contributed by atoms with Gasteiger partial charge >= 0.3 is 0 Å². The molecule has 21 heavy (non-hydrogen) atoms. The maximum absolute atomic E-state index is 5.15. The van der Waals surface area contributed by atoms with Gasteiger partial charge in [0.25, 0.3) is 0 Å². The van der Waals surface area contributed by atoms with Gasteiger partial charge in [0, 0.05) is 27.3 Å². The Morgan fingerprint density at radius 3 is 2.33 bits per heavy atom. The maximum Gasteiger partial charge on any atom is 0.170 e. The molecule has 2 rings (SSSR count). The van der Waals surface area contributed by atoms with Gasteiger partial charge in [-0.25, -0.2) is 0 Å². The molecule has 0 aliphatic carbocycles. The van der Waals surface area contributed by atoms with Gasteiger partial charge in [0.15, 0.2) is 5.82 Å². The summed E-state index contributed by atoms with van der Waals surface area (Å²) in [6, 6.07) is 9.86. The normalized spacial score (nSPS) is 11.2. The average molecular weight is 291 g/mol. The predicted molar refractivity (Wildman–Crippen MR) is 78.2 cm³/mol. The summed E-state index contributed by atoms with van der Waals surface area (Å²) >= 11 is 0. The number of para-hydroxylation sites is 1. The van der Waals surface area contributed by atoms with E-state index in [1.165, 1.54) is 0 Å². The zero-order valence-electron chi connectivity index (χ0n) is 12.5. The van der Waals surface area contributed by atoms with E-state index < -0.39 is 0 Å². The van der Waals surface area contributed by atoms with Crippen molar-refractivity contribution in [2.45, 2.75) is 6.54 Å². The van der Waals surface area contributed by atoms with Crippen molar-refractivity contribution in [2.24, 2.45) is 0 Å². The number of hydrogen-bond donors (Lipinski definition) is 0. The number of ether oxygens (including phenoxy) is 2. The molecule has 1 aromatic heterocycles. The van der Waals surface area contributed by atoms with Crippen LogP contribution in [-0.4, -0.2) is 65.6 Å². The van der Waals surface area contributed by atoms with E-state index in [1.54, 1.807) is 18.9 Å². The van der Waals surface area contributed by atoms with Crippen LogP contribution in [0, 0.1) is 0 Å². The molecule has 0 aliphatic rings. The third kappa shape index (κ3) is 4.59. The lowest BCUT2D eigenvalue weighted by Gasteiger charge is -2.20. The molecule has 7 heteroatoms. The van der Waals surface area contributed by atoms with Gasteiger partial charge < -0.3 is 9.47 Å². The summed E-state index contributed by atoms with van der Waals surface area (Å²) < 4.78 is 12.0. The first-order valence-electron chi connectivity index (χ1n) is 6.88. The van der Waals surface area contributed by atoms with E-state index in [1.807, 2.05) is 30.3 Å². The summed E-state index contributed by atoms with van der Waals surface area (Å²) in [4.78, 5) is 2.21. The van der Waals surface area contributed by atoms with Crippen LogP contribution < -0.4 is 0 Å². The van der Waals surface area contributed by atoms with Gasteiger partial charge in [-0.3, -0.25) is 4.90 Å². The van der Waals surface area contributed by atoms with E-state index >= 15 is 0 Å². The fourth-order valence-corrected chi connectivity index (χ4v) is 1.98. The van der Waals surface area contributed by atoms with Crippen LogP contribution in [0.15, 0.2) is 30.3 Å². The molecule has 0 spiro atoms. The number of rotatable bonds is 9. The molecule has 0 atom stereocenters. The van der Waals surface area contributed by atoms with Gasteiger partial charge in [-0.15, -0.1) is 5.10 Å². The van der Waals surface area contributed by atoms with Crippen LogP contribution >= 0.6 is 0 Å². The number of aromatic nitrogens is 4. The lowest BCUT2D eigenvalue weighted by Crippen LogP contribution is -2.31. The smallest absolute Gasteiger partial charge is 0.170 e. The van der Waals surface area contributed by atoms with Crippen molar-refractivity contribution in [1.82, 2.24) is 25.1 Å². The fraction of sp³-hybridized carbons (Fsp3) is 0.500. The Hall–Kier alpha value is -1.83. The highest BCUT2D eigenvalue weighted by Crippen LogP contribution is 2.09. The lowest BCUT2D eigenvalue weighted by molar-refractivity contribution is 0.108. The minimum atomic E-state index is 0.647. The summed E-state index contributed by atoms with van der Waals surface area (Å²) in [6.45, 7) is 3.59. The summed E-state index contributed by atoms with van der Waals surface area (Å²) in [7, 11) is 3.39. The summed E-state index contributed by atoms with van der Waals surface area (Å²) in [6.07, 6.45) is 0. The molecule has 1 aromatic carbocycles. The highest BCUT2D eigenvalue weighted by Gasteiger charge is 2.13.